The van der Waals surface area contributed by atoms with Crippen LogP contribution in [0.25, 0.3) is 0 Å². The van der Waals surface area contributed by atoms with E-state index < -0.39 is 27.1 Å². The molecule has 1 fully saturated rings. The van der Waals surface area contributed by atoms with E-state index in [2.05, 4.69) is 25.6 Å². The molecule has 0 radical (unpaired) electrons. The van der Waals surface area contributed by atoms with Gasteiger partial charge in [0.05, 0.1) is 17.7 Å². The Morgan fingerprint density at radius 1 is 1.09 bits per heavy atom. The van der Waals surface area contributed by atoms with Gasteiger partial charge >= 0.3 is 0 Å². The molecule has 1 heterocycles. The Kier molecular flexibility index (Phi) is 7.58. The number of amidine groups is 1. The molecule has 1 aliphatic rings. The monoisotopic (exact) mass is 573 g/mol. The van der Waals surface area contributed by atoms with Crippen LogP contribution in [0, 0.1) is 0 Å². The van der Waals surface area contributed by atoms with E-state index >= 15 is 0 Å². The zero-order chi connectivity index (χ0) is 25.0. The second kappa shape index (κ2) is 10.6. The summed E-state index contributed by atoms with van der Waals surface area (Å²) in [6.07, 6.45) is -0.165. The number of nitrogens with zero attached hydrogens (tertiary/aromatic N) is 2. The van der Waals surface area contributed by atoms with Gasteiger partial charge in [0.15, 0.2) is 5.17 Å². The minimum atomic E-state index is -4.09. The minimum absolute atomic E-state index is 0.00604. The number of sulfonamides is 1. The topological polar surface area (TPSA) is 105 Å². The number of para-hydroxylation sites is 1. The van der Waals surface area contributed by atoms with E-state index in [9.17, 15) is 18.0 Å². The molecule has 1 unspecified atom stereocenters. The molecule has 11 heteroatoms. The highest BCUT2D eigenvalue weighted by Gasteiger charge is 2.41. The Balaban J connectivity index is 1.61. The summed E-state index contributed by atoms with van der Waals surface area (Å²) in [6, 6.07) is 21.5. The maximum atomic E-state index is 13.3. The lowest BCUT2D eigenvalue weighted by molar-refractivity contribution is -0.121. The highest BCUT2D eigenvalue weighted by Crippen LogP contribution is 2.35. The number of carbonyl (C=O) groups excluding carboxylic acids is 2. The molecule has 0 aliphatic carbocycles. The van der Waals surface area contributed by atoms with Gasteiger partial charge in [0.2, 0.25) is 11.8 Å². The van der Waals surface area contributed by atoms with Gasteiger partial charge in [-0.05, 0) is 48.5 Å². The lowest BCUT2D eigenvalue weighted by Gasteiger charge is -2.16. The van der Waals surface area contributed by atoms with Gasteiger partial charge in [0, 0.05) is 22.6 Å². The molecule has 8 nitrogen and oxygen atoms in total. The molecule has 0 spiro atoms. The van der Waals surface area contributed by atoms with Crippen LogP contribution in [-0.2, 0) is 19.6 Å². The van der Waals surface area contributed by atoms with E-state index in [4.69, 9.17) is 4.74 Å². The predicted octanol–water partition coefficient (Wildman–Crippen LogP) is 4.68. The Bertz CT molecular complexity index is 1380. The van der Waals surface area contributed by atoms with Gasteiger partial charge in [-0.3, -0.25) is 14.5 Å². The molecule has 1 aliphatic heterocycles. The third-order valence-electron chi connectivity index (χ3n) is 4.98. The first kappa shape index (κ1) is 25.0. The third kappa shape index (κ3) is 5.92. The molecule has 3 aromatic carbocycles. The second-order valence-corrected chi connectivity index (χ2v) is 11.1. The van der Waals surface area contributed by atoms with Crippen molar-refractivity contribution in [2.75, 3.05) is 17.3 Å². The summed E-state index contributed by atoms with van der Waals surface area (Å²) in [5, 5.41) is 1.89. The van der Waals surface area contributed by atoms with E-state index in [1.165, 1.54) is 24.1 Å². The predicted molar refractivity (Wildman–Crippen MR) is 140 cm³/mol. The van der Waals surface area contributed by atoms with E-state index in [1.54, 1.807) is 66.7 Å². The zero-order valence-corrected chi connectivity index (χ0v) is 21.6. The van der Waals surface area contributed by atoms with E-state index in [-0.39, 0.29) is 16.5 Å². The molecule has 180 valence electrons. The van der Waals surface area contributed by atoms with Crippen LogP contribution < -0.4 is 15.0 Å². The van der Waals surface area contributed by atoms with Crippen LogP contribution in [0.5, 0.6) is 5.75 Å². The first-order chi connectivity index (χ1) is 16.8. The minimum Gasteiger partial charge on any atom is -0.497 e. The van der Waals surface area contributed by atoms with Crippen molar-refractivity contribution in [2.24, 2.45) is 4.40 Å². The normalized spacial score (nSPS) is 17.0. The quantitative estimate of drug-likeness (QED) is 0.440. The number of ether oxygens (including phenoxy) is 1. The van der Waals surface area contributed by atoms with Crippen molar-refractivity contribution in [1.29, 1.82) is 0 Å². The van der Waals surface area contributed by atoms with Crippen molar-refractivity contribution in [1.82, 2.24) is 0 Å². The van der Waals surface area contributed by atoms with Crippen LogP contribution in [0.15, 0.2) is 92.6 Å². The number of rotatable bonds is 7. The average molecular weight is 574 g/mol. The summed E-state index contributed by atoms with van der Waals surface area (Å²) < 4.78 is 35.8. The molecule has 0 saturated carbocycles. The number of methoxy groups -OCH3 is 1. The van der Waals surface area contributed by atoms with Gasteiger partial charge in [-0.15, -0.1) is 4.40 Å². The van der Waals surface area contributed by atoms with Crippen molar-refractivity contribution < 1.29 is 22.7 Å². The number of amides is 2. The molecular weight excluding hydrogens is 554 g/mol. The highest BCUT2D eigenvalue weighted by atomic mass is 79.9. The van der Waals surface area contributed by atoms with Gasteiger partial charge in [-0.2, -0.15) is 8.42 Å². The van der Waals surface area contributed by atoms with Crippen LogP contribution in [0.3, 0.4) is 0 Å². The number of anilines is 2. The Hall–Kier alpha value is -3.15. The van der Waals surface area contributed by atoms with Crippen molar-refractivity contribution in [3.63, 3.8) is 0 Å². The summed E-state index contributed by atoms with van der Waals surface area (Å²) in [5.41, 5.74) is 0.988. The van der Waals surface area contributed by atoms with Gasteiger partial charge in [0.25, 0.3) is 10.0 Å². The lowest BCUT2D eigenvalue weighted by atomic mass is 10.2. The Morgan fingerprint density at radius 3 is 2.49 bits per heavy atom. The van der Waals surface area contributed by atoms with Gasteiger partial charge in [-0.25, -0.2) is 0 Å². The molecule has 1 atom stereocenters. The van der Waals surface area contributed by atoms with Gasteiger partial charge in [0.1, 0.15) is 11.0 Å². The van der Waals surface area contributed by atoms with Crippen LogP contribution in [0.2, 0.25) is 0 Å². The summed E-state index contributed by atoms with van der Waals surface area (Å²) in [6.45, 7) is 0. The summed E-state index contributed by atoms with van der Waals surface area (Å²) in [5.74, 6) is -0.238. The Morgan fingerprint density at radius 2 is 1.80 bits per heavy atom. The lowest BCUT2D eigenvalue weighted by Crippen LogP contribution is -2.33. The highest BCUT2D eigenvalue weighted by molar-refractivity contribution is 9.10. The van der Waals surface area contributed by atoms with E-state index in [0.29, 0.717) is 17.1 Å². The number of carbonyl (C=O) groups is 2. The molecule has 4 rings (SSSR count). The SMILES string of the molecule is COc1cccc(NC(=O)CC2S/C(=N/S(=O)(=O)c3ccc(Br)cc3)N(c3ccccc3)C2=O)c1. The summed E-state index contributed by atoms with van der Waals surface area (Å²) >= 11 is 4.22. The molecule has 3 aromatic rings. The van der Waals surface area contributed by atoms with Crippen molar-refractivity contribution in [3.05, 3.63) is 83.3 Å². The fourth-order valence-electron chi connectivity index (χ4n) is 3.32. The molecule has 1 saturated heterocycles. The largest absolute Gasteiger partial charge is 0.497 e. The average Bonchev–Trinajstić information content (AvgIpc) is 3.13. The molecule has 0 bridgehead atoms. The standard InChI is InChI=1S/C24H20BrN3O5S2/c1-33-19-9-5-6-17(14-19)26-22(29)15-21-23(30)28(18-7-3-2-4-8-18)24(34-21)27-35(31,32)20-12-10-16(25)11-13-20/h2-14,21H,15H2,1H3,(H,26,29)/b27-24+. The summed E-state index contributed by atoms with van der Waals surface area (Å²) in [7, 11) is -2.57. The van der Waals surface area contributed by atoms with Crippen LogP contribution in [-0.4, -0.2) is 37.8 Å². The number of halogens is 1. The number of nitrogens with one attached hydrogen (secondary N) is 1. The molecule has 1 N–H and O–H groups in total. The second-order valence-electron chi connectivity index (χ2n) is 7.40. The number of thioether (sulfide) groups is 1. The summed E-state index contributed by atoms with van der Waals surface area (Å²) in [4.78, 5) is 27.2. The Labute approximate surface area is 215 Å². The van der Waals surface area contributed by atoms with E-state index in [1.807, 2.05) is 0 Å². The molecule has 2 amide bonds. The smallest absolute Gasteiger partial charge is 0.284 e. The van der Waals surface area contributed by atoms with Crippen LogP contribution in [0.4, 0.5) is 11.4 Å². The van der Waals surface area contributed by atoms with Crippen molar-refractivity contribution in [2.45, 2.75) is 16.6 Å². The third-order valence-corrected chi connectivity index (χ3v) is 8.05. The van der Waals surface area contributed by atoms with Crippen LogP contribution >= 0.6 is 27.7 Å². The fourth-order valence-corrected chi connectivity index (χ4v) is 5.92. The van der Waals surface area contributed by atoms with E-state index in [0.717, 1.165) is 16.2 Å². The molecule has 35 heavy (non-hydrogen) atoms. The molecule has 0 aromatic heterocycles. The fraction of sp³-hybridized carbons (Fsp3) is 0.125. The number of hydrogen-bond donors (Lipinski definition) is 1. The van der Waals surface area contributed by atoms with Crippen molar-refractivity contribution in [3.8, 4) is 5.75 Å². The first-order valence-electron chi connectivity index (χ1n) is 10.4. The van der Waals surface area contributed by atoms with Gasteiger partial charge in [-0.1, -0.05) is 52.0 Å². The van der Waals surface area contributed by atoms with Gasteiger partial charge < -0.3 is 10.1 Å². The number of hydrogen-bond acceptors (Lipinski definition) is 6. The zero-order valence-electron chi connectivity index (χ0n) is 18.4. The van der Waals surface area contributed by atoms with Crippen molar-refractivity contribution >= 4 is 66.1 Å². The van der Waals surface area contributed by atoms with Crippen LogP contribution in [0.1, 0.15) is 6.42 Å². The first-order valence-corrected chi connectivity index (χ1v) is 13.5. The molecular formula is C24H20BrN3O5S2. The number of benzene rings is 3. The maximum absolute atomic E-state index is 13.3. The maximum Gasteiger partial charge on any atom is 0.284 e.